The molecular formula is C19H16N2O6. The monoisotopic (exact) mass is 368 g/mol. The molecule has 0 radical (unpaired) electrons. The van der Waals surface area contributed by atoms with Gasteiger partial charge in [-0.15, -0.1) is 0 Å². The van der Waals surface area contributed by atoms with Gasteiger partial charge in [-0.1, -0.05) is 30.3 Å². The zero-order valence-electron chi connectivity index (χ0n) is 14.1. The number of carbonyl (C=O) groups excluding carboxylic acids is 4. The minimum atomic E-state index is -1.33. The summed E-state index contributed by atoms with van der Waals surface area (Å²) in [6.07, 6.45) is 0. The summed E-state index contributed by atoms with van der Waals surface area (Å²) in [7, 11) is 0. The van der Waals surface area contributed by atoms with Gasteiger partial charge in [-0.2, -0.15) is 0 Å². The average molecular weight is 368 g/mol. The van der Waals surface area contributed by atoms with Crippen molar-refractivity contribution >= 4 is 23.7 Å². The maximum Gasteiger partial charge on any atom is 0.332 e. The molecule has 2 aromatic rings. The molecule has 1 aliphatic heterocycles. The summed E-state index contributed by atoms with van der Waals surface area (Å²) < 4.78 is 4.96. The fourth-order valence-corrected chi connectivity index (χ4v) is 2.60. The van der Waals surface area contributed by atoms with Crippen molar-refractivity contribution in [1.29, 1.82) is 0 Å². The van der Waals surface area contributed by atoms with Crippen molar-refractivity contribution in [3.8, 4) is 0 Å². The third-order valence-corrected chi connectivity index (χ3v) is 4.02. The van der Waals surface area contributed by atoms with E-state index >= 15 is 0 Å². The maximum atomic E-state index is 12.2. The van der Waals surface area contributed by atoms with E-state index in [0.29, 0.717) is 5.56 Å². The van der Waals surface area contributed by atoms with Crippen molar-refractivity contribution in [2.24, 2.45) is 0 Å². The van der Waals surface area contributed by atoms with Crippen molar-refractivity contribution in [2.75, 3.05) is 13.3 Å². The molecule has 0 aliphatic carbocycles. The standard InChI is InChI=1S/C19H16N2O6/c22-10-15(20-16(23)12-6-2-1-3-7-12)19(26)27-11-21-17(24)13-8-4-5-9-14(13)18(21)25/h1-9,15,22H,10-11H2,(H,20,23). The molecular weight excluding hydrogens is 352 g/mol. The number of fused-ring (bicyclic) bond motifs is 1. The minimum Gasteiger partial charge on any atom is -0.442 e. The van der Waals surface area contributed by atoms with Crippen molar-refractivity contribution in [3.63, 3.8) is 0 Å². The molecule has 8 nitrogen and oxygen atoms in total. The Kier molecular flexibility index (Phi) is 5.28. The number of benzene rings is 2. The largest absolute Gasteiger partial charge is 0.442 e. The highest BCUT2D eigenvalue weighted by Gasteiger charge is 2.36. The molecule has 0 saturated heterocycles. The molecule has 2 N–H and O–H groups in total. The highest BCUT2D eigenvalue weighted by Crippen LogP contribution is 2.22. The molecule has 0 spiro atoms. The number of esters is 1. The van der Waals surface area contributed by atoms with Crippen LogP contribution in [0.25, 0.3) is 0 Å². The molecule has 1 aliphatic rings. The zero-order chi connectivity index (χ0) is 19.4. The van der Waals surface area contributed by atoms with Crippen molar-refractivity contribution in [1.82, 2.24) is 10.2 Å². The molecule has 27 heavy (non-hydrogen) atoms. The van der Waals surface area contributed by atoms with E-state index in [9.17, 15) is 24.3 Å². The van der Waals surface area contributed by atoms with Crippen LogP contribution in [0, 0.1) is 0 Å². The van der Waals surface area contributed by atoms with E-state index in [1.807, 2.05) is 0 Å². The summed E-state index contributed by atoms with van der Waals surface area (Å²) in [5.74, 6) is -2.67. The number of rotatable bonds is 6. The molecule has 2 aromatic carbocycles. The Morgan fingerprint density at radius 2 is 1.52 bits per heavy atom. The smallest absolute Gasteiger partial charge is 0.332 e. The Morgan fingerprint density at radius 1 is 0.963 bits per heavy atom. The highest BCUT2D eigenvalue weighted by molar-refractivity contribution is 6.21. The van der Waals surface area contributed by atoms with Crippen LogP contribution in [0.15, 0.2) is 54.6 Å². The quantitative estimate of drug-likeness (QED) is 0.569. The normalized spacial score (nSPS) is 13.9. The van der Waals surface area contributed by atoms with Crippen LogP contribution in [-0.4, -0.2) is 53.1 Å². The molecule has 3 rings (SSSR count). The van der Waals surface area contributed by atoms with Crippen molar-refractivity contribution < 1.29 is 29.0 Å². The minimum absolute atomic E-state index is 0.231. The van der Waals surface area contributed by atoms with Crippen LogP contribution < -0.4 is 5.32 Å². The van der Waals surface area contributed by atoms with Crippen LogP contribution >= 0.6 is 0 Å². The van der Waals surface area contributed by atoms with Gasteiger partial charge in [0.05, 0.1) is 17.7 Å². The topological polar surface area (TPSA) is 113 Å². The second-order valence-corrected chi connectivity index (χ2v) is 5.75. The first-order valence-electron chi connectivity index (χ1n) is 8.11. The van der Waals surface area contributed by atoms with E-state index in [4.69, 9.17) is 4.74 Å². The maximum absolute atomic E-state index is 12.2. The lowest BCUT2D eigenvalue weighted by Gasteiger charge is -2.18. The first-order chi connectivity index (χ1) is 13.0. The Labute approximate surface area is 154 Å². The molecule has 0 saturated carbocycles. The van der Waals surface area contributed by atoms with E-state index in [0.717, 1.165) is 4.90 Å². The summed E-state index contributed by atoms with van der Waals surface area (Å²) >= 11 is 0. The first kappa shape index (κ1) is 18.3. The third-order valence-electron chi connectivity index (χ3n) is 4.02. The van der Waals surface area contributed by atoms with Crippen LogP contribution in [0.4, 0.5) is 0 Å². The lowest BCUT2D eigenvalue weighted by atomic mass is 10.1. The Morgan fingerprint density at radius 3 is 2.07 bits per heavy atom. The van der Waals surface area contributed by atoms with E-state index in [-0.39, 0.29) is 11.1 Å². The van der Waals surface area contributed by atoms with Gasteiger partial charge >= 0.3 is 5.97 Å². The van der Waals surface area contributed by atoms with E-state index < -0.39 is 43.1 Å². The second-order valence-electron chi connectivity index (χ2n) is 5.75. The van der Waals surface area contributed by atoms with Crippen LogP contribution in [0.1, 0.15) is 31.1 Å². The van der Waals surface area contributed by atoms with Gasteiger partial charge in [0, 0.05) is 5.56 Å². The van der Waals surface area contributed by atoms with Gasteiger partial charge in [0.15, 0.2) is 12.8 Å². The molecule has 0 bridgehead atoms. The van der Waals surface area contributed by atoms with Gasteiger partial charge in [-0.05, 0) is 24.3 Å². The van der Waals surface area contributed by atoms with Gasteiger partial charge in [-0.25, -0.2) is 9.69 Å². The number of aliphatic hydroxyl groups is 1. The fraction of sp³-hybridized carbons (Fsp3) is 0.158. The molecule has 1 unspecified atom stereocenters. The van der Waals surface area contributed by atoms with Crippen LogP contribution in [0.5, 0.6) is 0 Å². The predicted octanol–water partition coefficient (Wildman–Crippen LogP) is 0.574. The van der Waals surface area contributed by atoms with Gasteiger partial charge in [0.25, 0.3) is 17.7 Å². The van der Waals surface area contributed by atoms with E-state index in [2.05, 4.69) is 5.32 Å². The Balaban J connectivity index is 1.60. The number of hydrogen-bond donors (Lipinski definition) is 2. The van der Waals surface area contributed by atoms with E-state index in [1.54, 1.807) is 42.5 Å². The first-order valence-corrected chi connectivity index (χ1v) is 8.11. The lowest BCUT2D eigenvalue weighted by Crippen LogP contribution is -2.46. The summed E-state index contributed by atoms with van der Waals surface area (Å²) in [6, 6.07) is 13.1. The number of carbonyl (C=O) groups is 4. The Hall–Kier alpha value is -3.52. The van der Waals surface area contributed by atoms with Crippen LogP contribution in [-0.2, 0) is 9.53 Å². The third kappa shape index (κ3) is 3.70. The van der Waals surface area contributed by atoms with Crippen LogP contribution in [0.3, 0.4) is 0 Å². The van der Waals surface area contributed by atoms with Gasteiger partial charge in [0.2, 0.25) is 0 Å². The summed E-state index contributed by atoms with van der Waals surface area (Å²) in [5.41, 5.74) is 0.772. The molecule has 1 heterocycles. The van der Waals surface area contributed by atoms with Gasteiger partial charge in [-0.3, -0.25) is 14.4 Å². The number of imide groups is 1. The average Bonchev–Trinajstić information content (AvgIpc) is 2.95. The molecule has 1 atom stereocenters. The van der Waals surface area contributed by atoms with Gasteiger partial charge in [0.1, 0.15) is 0 Å². The fourth-order valence-electron chi connectivity index (χ4n) is 2.60. The molecule has 0 aromatic heterocycles. The summed E-state index contributed by atoms with van der Waals surface area (Å²) in [5, 5.41) is 11.7. The molecule has 8 heteroatoms. The molecule has 138 valence electrons. The summed E-state index contributed by atoms with van der Waals surface area (Å²) in [6.45, 7) is -1.30. The molecule has 0 fully saturated rings. The lowest BCUT2D eigenvalue weighted by molar-refractivity contribution is -0.149. The predicted molar refractivity (Wildman–Crippen MR) is 92.7 cm³/mol. The van der Waals surface area contributed by atoms with Crippen LogP contribution in [0.2, 0.25) is 0 Å². The molecule has 3 amide bonds. The van der Waals surface area contributed by atoms with Crippen molar-refractivity contribution in [2.45, 2.75) is 6.04 Å². The number of amides is 3. The highest BCUT2D eigenvalue weighted by atomic mass is 16.5. The number of hydrogen-bond acceptors (Lipinski definition) is 6. The number of nitrogens with zero attached hydrogens (tertiary/aromatic N) is 1. The number of ether oxygens (including phenoxy) is 1. The van der Waals surface area contributed by atoms with Crippen molar-refractivity contribution in [3.05, 3.63) is 71.3 Å². The Bertz CT molecular complexity index is 861. The zero-order valence-corrected chi connectivity index (χ0v) is 14.1. The second kappa shape index (κ2) is 7.79. The van der Waals surface area contributed by atoms with E-state index in [1.165, 1.54) is 12.1 Å². The summed E-state index contributed by atoms with van der Waals surface area (Å²) in [4.78, 5) is 49.4. The number of aliphatic hydroxyl groups excluding tert-OH is 1. The SMILES string of the molecule is O=C(NC(CO)C(=O)OCN1C(=O)c2ccccc2C1=O)c1ccccc1. The van der Waals surface area contributed by atoms with Gasteiger partial charge < -0.3 is 15.2 Å². The number of nitrogens with one attached hydrogen (secondary N) is 1.